The van der Waals surface area contributed by atoms with Crippen LogP contribution in [0.5, 0.6) is 5.75 Å². The Labute approximate surface area is 117 Å². The number of benzene rings is 2. The summed E-state index contributed by atoms with van der Waals surface area (Å²) in [6, 6.07) is 14.8. The first-order chi connectivity index (χ1) is 9.10. The Morgan fingerprint density at radius 3 is 2.47 bits per heavy atom. The van der Waals surface area contributed by atoms with E-state index in [1.165, 1.54) is 6.07 Å². The van der Waals surface area contributed by atoms with Crippen molar-refractivity contribution in [1.82, 2.24) is 0 Å². The van der Waals surface area contributed by atoms with Crippen molar-refractivity contribution in [2.75, 3.05) is 0 Å². The summed E-state index contributed by atoms with van der Waals surface area (Å²) in [6.07, 6.45) is 1.75. The summed E-state index contributed by atoms with van der Waals surface area (Å²) in [5.41, 5.74) is 3.34. The maximum absolute atomic E-state index is 9.36. The minimum Gasteiger partial charge on any atom is -0.506 e. The van der Waals surface area contributed by atoms with E-state index >= 15 is 0 Å². The number of hydrogen-bond donors (Lipinski definition) is 1. The maximum Gasteiger partial charge on any atom is 0.134 e. The van der Waals surface area contributed by atoms with E-state index in [1.54, 1.807) is 18.2 Å². The van der Waals surface area contributed by atoms with Crippen LogP contribution in [0.2, 0.25) is 5.02 Å². The Morgan fingerprint density at radius 2 is 1.89 bits per heavy atom. The van der Waals surface area contributed by atoms with Crippen LogP contribution in [-0.4, -0.2) is 5.11 Å². The first-order valence-electron chi connectivity index (χ1n) is 5.77. The second-order valence-electron chi connectivity index (χ2n) is 4.25. The number of nitrogens with zero attached hydrogens (tertiary/aromatic N) is 1. The van der Waals surface area contributed by atoms with Crippen LogP contribution >= 0.6 is 11.6 Å². The van der Waals surface area contributed by atoms with Gasteiger partial charge in [-0.1, -0.05) is 47.5 Å². The van der Waals surface area contributed by atoms with Crippen LogP contribution in [0.4, 0.5) is 0 Å². The first kappa shape index (κ1) is 13.2. The van der Waals surface area contributed by atoms with E-state index in [0.29, 0.717) is 5.57 Å². The average molecular weight is 270 g/mol. The number of aromatic hydroxyl groups is 1. The van der Waals surface area contributed by atoms with Gasteiger partial charge in [0, 0.05) is 0 Å². The topological polar surface area (TPSA) is 44.0 Å². The minimum absolute atomic E-state index is 0.0349. The van der Waals surface area contributed by atoms with E-state index in [2.05, 4.69) is 6.07 Å². The van der Waals surface area contributed by atoms with Gasteiger partial charge >= 0.3 is 0 Å². The van der Waals surface area contributed by atoms with Crippen LogP contribution in [-0.2, 0) is 0 Å². The van der Waals surface area contributed by atoms with Crippen molar-refractivity contribution in [2.24, 2.45) is 0 Å². The van der Waals surface area contributed by atoms with Crippen LogP contribution < -0.4 is 0 Å². The van der Waals surface area contributed by atoms with Crippen LogP contribution in [0, 0.1) is 18.3 Å². The van der Waals surface area contributed by atoms with Gasteiger partial charge < -0.3 is 5.11 Å². The number of rotatable bonds is 2. The molecular formula is C16H12ClNO. The van der Waals surface area contributed by atoms with E-state index in [0.717, 1.165) is 16.7 Å². The molecule has 1 N–H and O–H groups in total. The van der Waals surface area contributed by atoms with Crippen molar-refractivity contribution in [3.63, 3.8) is 0 Å². The van der Waals surface area contributed by atoms with Gasteiger partial charge in [-0.15, -0.1) is 0 Å². The Morgan fingerprint density at radius 1 is 1.21 bits per heavy atom. The van der Waals surface area contributed by atoms with Crippen molar-refractivity contribution in [2.45, 2.75) is 6.92 Å². The standard InChI is InChI=1S/C16H12ClNO/c1-11-2-5-13(6-3-11)14(10-18)8-12-4-7-16(19)15(17)9-12/h2-9,19H,1H3/b14-8+. The molecule has 0 aromatic heterocycles. The summed E-state index contributed by atoms with van der Waals surface area (Å²) >= 11 is 5.85. The molecule has 94 valence electrons. The second-order valence-corrected chi connectivity index (χ2v) is 4.65. The summed E-state index contributed by atoms with van der Waals surface area (Å²) in [6.45, 7) is 2.00. The summed E-state index contributed by atoms with van der Waals surface area (Å²) in [7, 11) is 0. The Kier molecular flexibility index (Phi) is 3.89. The van der Waals surface area contributed by atoms with Crippen molar-refractivity contribution in [3.05, 3.63) is 64.2 Å². The number of hydrogen-bond acceptors (Lipinski definition) is 2. The zero-order valence-electron chi connectivity index (χ0n) is 10.4. The van der Waals surface area contributed by atoms with Crippen LogP contribution in [0.1, 0.15) is 16.7 Å². The highest BCUT2D eigenvalue weighted by Gasteiger charge is 2.03. The summed E-state index contributed by atoms with van der Waals surface area (Å²) < 4.78 is 0. The molecule has 0 atom stereocenters. The van der Waals surface area contributed by atoms with Gasteiger partial charge in [0.25, 0.3) is 0 Å². The van der Waals surface area contributed by atoms with Gasteiger partial charge in [-0.2, -0.15) is 5.26 Å². The summed E-state index contributed by atoms with van der Waals surface area (Å²) in [5, 5.41) is 18.9. The number of halogens is 1. The fourth-order valence-electron chi connectivity index (χ4n) is 1.69. The highest BCUT2D eigenvalue weighted by molar-refractivity contribution is 6.32. The summed E-state index contributed by atoms with van der Waals surface area (Å²) in [5.74, 6) is 0.0349. The Bertz CT molecular complexity index is 666. The summed E-state index contributed by atoms with van der Waals surface area (Å²) in [4.78, 5) is 0. The molecule has 0 aliphatic carbocycles. The lowest BCUT2D eigenvalue weighted by atomic mass is 10.0. The van der Waals surface area contributed by atoms with E-state index in [4.69, 9.17) is 11.6 Å². The molecule has 0 radical (unpaired) electrons. The third kappa shape index (κ3) is 3.15. The van der Waals surface area contributed by atoms with Gasteiger partial charge in [-0.3, -0.25) is 0 Å². The molecule has 0 heterocycles. The molecular weight excluding hydrogens is 258 g/mol. The van der Waals surface area contributed by atoms with Crippen molar-refractivity contribution in [3.8, 4) is 11.8 Å². The van der Waals surface area contributed by atoms with Crippen LogP contribution in [0.3, 0.4) is 0 Å². The highest BCUT2D eigenvalue weighted by atomic mass is 35.5. The lowest BCUT2D eigenvalue weighted by Gasteiger charge is -2.02. The zero-order valence-corrected chi connectivity index (χ0v) is 11.1. The monoisotopic (exact) mass is 269 g/mol. The molecule has 0 unspecified atom stereocenters. The molecule has 19 heavy (non-hydrogen) atoms. The third-order valence-electron chi connectivity index (χ3n) is 2.77. The molecule has 0 spiro atoms. The van der Waals surface area contributed by atoms with E-state index in [-0.39, 0.29) is 10.8 Å². The Balaban J connectivity index is 2.41. The molecule has 2 aromatic rings. The Hall–Kier alpha value is -2.24. The van der Waals surface area contributed by atoms with Crippen molar-refractivity contribution >= 4 is 23.3 Å². The quantitative estimate of drug-likeness (QED) is 0.648. The molecule has 3 heteroatoms. The zero-order chi connectivity index (χ0) is 13.8. The third-order valence-corrected chi connectivity index (χ3v) is 3.07. The van der Waals surface area contributed by atoms with Gasteiger partial charge in [0.05, 0.1) is 16.7 Å². The number of aryl methyl sites for hydroxylation is 1. The van der Waals surface area contributed by atoms with E-state index in [9.17, 15) is 10.4 Å². The van der Waals surface area contributed by atoms with E-state index in [1.807, 2.05) is 31.2 Å². The molecule has 0 saturated heterocycles. The number of nitriles is 1. The molecule has 0 saturated carbocycles. The predicted molar refractivity (Wildman–Crippen MR) is 77.8 cm³/mol. The SMILES string of the molecule is Cc1ccc(/C(C#N)=C/c2ccc(O)c(Cl)c2)cc1. The number of phenols is 1. The molecule has 0 bridgehead atoms. The lowest BCUT2D eigenvalue weighted by Crippen LogP contribution is -1.83. The van der Waals surface area contributed by atoms with Gasteiger partial charge in [-0.05, 0) is 36.3 Å². The molecule has 2 nitrogen and oxygen atoms in total. The van der Waals surface area contributed by atoms with Crippen molar-refractivity contribution < 1.29 is 5.11 Å². The maximum atomic E-state index is 9.36. The molecule has 0 amide bonds. The fourth-order valence-corrected chi connectivity index (χ4v) is 1.88. The smallest absolute Gasteiger partial charge is 0.134 e. The van der Waals surface area contributed by atoms with Gasteiger partial charge in [0.15, 0.2) is 0 Å². The second kappa shape index (κ2) is 5.60. The highest BCUT2D eigenvalue weighted by Crippen LogP contribution is 2.26. The molecule has 2 rings (SSSR count). The lowest BCUT2D eigenvalue weighted by molar-refractivity contribution is 0.475. The number of phenolic OH excluding ortho intramolecular Hbond substituents is 1. The van der Waals surface area contributed by atoms with Crippen LogP contribution in [0.15, 0.2) is 42.5 Å². The molecule has 0 aliphatic heterocycles. The van der Waals surface area contributed by atoms with Gasteiger partial charge in [-0.25, -0.2) is 0 Å². The van der Waals surface area contributed by atoms with E-state index < -0.39 is 0 Å². The first-order valence-corrected chi connectivity index (χ1v) is 6.15. The molecule has 0 fully saturated rings. The number of allylic oxidation sites excluding steroid dienone is 1. The normalized spacial score (nSPS) is 11.1. The van der Waals surface area contributed by atoms with Gasteiger partial charge in [0.2, 0.25) is 0 Å². The van der Waals surface area contributed by atoms with Crippen molar-refractivity contribution in [1.29, 1.82) is 5.26 Å². The molecule has 2 aromatic carbocycles. The molecule has 0 aliphatic rings. The predicted octanol–water partition coefficient (Wildman–Crippen LogP) is 4.42. The fraction of sp³-hybridized carbons (Fsp3) is 0.0625. The van der Waals surface area contributed by atoms with Gasteiger partial charge in [0.1, 0.15) is 5.75 Å². The average Bonchev–Trinajstić information content (AvgIpc) is 2.41. The largest absolute Gasteiger partial charge is 0.506 e. The van der Waals surface area contributed by atoms with Crippen LogP contribution in [0.25, 0.3) is 11.6 Å². The minimum atomic E-state index is 0.0349.